The number of rotatable bonds is 6. The van der Waals surface area contributed by atoms with Gasteiger partial charge in [-0.05, 0) is 43.0 Å². The lowest BCUT2D eigenvalue weighted by molar-refractivity contribution is 0.436. The van der Waals surface area contributed by atoms with Crippen LogP contribution in [0, 0.1) is 0 Å². The Morgan fingerprint density at radius 2 is 1.80 bits per heavy atom. The number of hydrogen-bond donors (Lipinski definition) is 2. The molecule has 0 radical (unpaired) electrons. The van der Waals surface area contributed by atoms with Crippen molar-refractivity contribution in [3.05, 3.63) is 65.7 Å². The molecule has 0 aliphatic heterocycles. The molecule has 0 heterocycles. The summed E-state index contributed by atoms with van der Waals surface area (Å²) < 4.78 is 0. The third kappa shape index (κ3) is 4.10. The molecule has 20 heavy (non-hydrogen) atoms. The third-order valence-electron chi connectivity index (χ3n) is 3.67. The van der Waals surface area contributed by atoms with E-state index in [-0.39, 0.29) is 6.04 Å². The van der Waals surface area contributed by atoms with Gasteiger partial charge in [-0.25, -0.2) is 0 Å². The zero-order valence-corrected chi connectivity index (χ0v) is 12.2. The Hall–Kier alpha value is -1.80. The number of phenolic OH excluding ortho intramolecular Hbond substituents is 1. The first kappa shape index (κ1) is 14.6. The van der Waals surface area contributed by atoms with E-state index in [1.165, 1.54) is 5.56 Å². The van der Waals surface area contributed by atoms with Crippen molar-refractivity contribution in [2.45, 2.75) is 38.8 Å². The predicted octanol–water partition coefficient (Wildman–Crippen LogP) is 4.06. The van der Waals surface area contributed by atoms with Crippen LogP contribution in [-0.4, -0.2) is 11.1 Å². The van der Waals surface area contributed by atoms with E-state index in [2.05, 4.69) is 43.4 Å². The summed E-state index contributed by atoms with van der Waals surface area (Å²) in [6, 6.07) is 18.7. The number of hydrogen-bond acceptors (Lipinski definition) is 2. The topological polar surface area (TPSA) is 32.3 Å². The molecule has 0 bridgehead atoms. The number of aromatic hydroxyl groups is 1. The first-order chi connectivity index (χ1) is 9.69. The van der Waals surface area contributed by atoms with Crippen molar-refractivity contribution < 1.29 is 5.11 Å². The van der Waals surface area contributed by atoms with Gasteiger partial charge in [-0.3, -0.25) is 0 Å². The van der Waals surface area contributed by atoms with Crippen LogP contribution in [0.2, 0.25) is 0 Å². The van der Waals surface area contributed by atoms with Crippen LogP contribution in [-0.2, 0) is 6.42 Å². The largest absolute Gasteiger partial charge is 0.508 e. The van der Waals surface area contributed by atoms with E-state index in [4.69, 9.17) is 0 Å². The van der Waals surface area contributed by atoms with Crippen molar-refractivity contribution >= 4 is 0 Å². The van der Waals surface area contributed by atoms with Crippen molar-refractivity contribution in [1.82, 2.24) is 5.32 Å². The van der Waals surface area contributed by atoms with Gasteiger partial charge < -0.3 is 10.4 Å². The quantitative estimate of drug-likeness (QED) is 0.828. The lowest BCUT2D eigenvalue weighted by atomic mass is 10.0. The fourth-order valence-electron chi connectivity index (χ4n) is 2.46. The van der Waals surface area contributed by atoms with Crippen LogP contribution in [0.1, 0.15) is 37.4 Å². The average molecular weight is 269 g/mol. The Bertz CT molecular complexity index is 524. The maximum Gasteiger partial charge on any atom is 0.115 e. The summed E-state index contributed by atoms with van der Waals surface area (Å²) in [5.74, 6) is 0.326. The first-order valence-electron chi connectivity index (χ1n) is 7.28. The highest BCUT2D eigenvalue weighted by atomic mass is 16.3. The van der Waals surface area contributed by atoms with Crippen LogP contribution < -0.4 is 5.32 Å². The fraction of sp³-hybridized carbons (Fsp3) is 0.333. The molecule has 2 atom stereocenters. The molecule has 2 aromatic carbocycles. The lowest BCUT2D eigenvalue weighted by Crippen LogP contribution is -2.32. The third-order valence-corrected chi connectivity index (χ3v) is 3.67. The molecular weight excluding hydrogens is 246 g/mol. The highest BCUT2D eigenvalue weighted by Gasteiger charge is 2.12. The van der Waals surface area contributed by atoms with Gasteiger partial charge in [0.1, 0.15) is 5.75 Å². The summed E-state index contributed by atoms with van der Waals surface area (Å²) in [7, 11) is 0. The maximum absolute atomic E-state index is 9.56. The predicted molar refractivity (Wildman–Crippen MR) is 83.9 cm³/mol. The van der Waals surface area contributed by atoms with Gasteiger partial charge >= 0.3 is 0 Å². The molecule has 0 aromatic heterocycles. The van der Waals surface area contributed by atoms with Gasteiger partial charge in [0.15, 0.2) is 0 Å². The van der Waals surface area contributed by atoms with E-state index in [1.54, 1.807) is 6.07 Å². The molecule has 0 fully saturated rings. The summed E-state index contributed by atoms with van der Waals surface area (Å²) >= 11 is 0. The molecule has 2 aromatic rings. The summed E-state index contributed by atoms with van der Waals surface area (Å²) in [6.45, 7) is 4.35. The van der Waals surface area contributed by atoms with Gasteiger partial charge in [0.2, 0.25) is 0 Å². The molecule has 2 nitrogen and oxygen atoms in total. The minimum atomic E-state index is 0.232. The average Bonchev–Trinajstić information content (AvgIpc) is 2.47. The van der Waals surface area contributed by atoms with E-state index in [9.17, 15) is 5.11 Å². The molecule has 0 aliphatic rings. The van der Waals surface area contributed by atoms with E-state index in [0.717, 1.165) is 18.4 Å². The molecule has 2 unspecified atom stereocenters. The van der Waals surface area contributed by atoms with Crippen LogP contribution in [0.5, 0.6) is 5.75 Å². The summed E-state index contributed by atoms with van der Waals surface area (Å²) in [4.78, 5) is 0. The zero-order chi connectivity index (χ0) is 14.4. The van der Waals surface area contributed by atoms with Crippen molar-refractivity contribution in [2.24, 2.45) is 0 Å². The Kier molecular flexibility index (Phi) is 5.19. The summed E-state index contributed by atoms with van der Waals surface area (Å²) in [5.41, 5.74) is 2.48. The second-order valence-corrected chi connectivity index (χ2v) is 5.28. The molecule has 0 aliphatic carbocycles. The van der Waals surface area contributed by atoms with Crippen LogP contribution in [0.4, 0.5) is 0 Å². The number of nitrogens with one attached hydrogen (secondary N) is 1. The lowest BCUT2D eigenvalue weighted by Gasteiger charge is -2.23. The normalized spacial score (nSPS) is 13.9. The van der Waals surface area contributed by atoms with Gasteiger partial charge in [-0.1, -0.05) is 49.4 Å². The van der Waals surface area contributed by atoms with Crippen LogP contribution in [0.25, 0.3) is 0 Å². The fourth-order valence-corrected chi connectivity index (χ4v) is 2.46. The van der Waals surface area contributed by atoms with Gasteiger partial charge in [0.05, 0.1) is 0 Å². The van der Waals surface area contributed by atoms with Crippen molar-refractivity contribution in [1.29, 1.82) is 0 Å². The Morgan fingerprint density at radius 1 is 1.05 bits per heavy atom. The van der Waals surface area contributed by atoms with Gasteiger partial charge in [-0.15, -0.1) is 0 Å². The highest BCUT2D eigenvalue weighted by Crippen LogP contribution is 2.19. The van der Waals surface area contributed by atoms with Crippen LogP contribution >= 0.6 is 0 Å². The number of phenols is 1. The Morgan fingerprint density at radius 3 is 2.45 bits per heavy atom. The van der Waals surface area contributed by atoms with E-state index >= 15 is 0 Å². The molecule has 0 spiro atoms. The first-order valence-corrected chi connectivity index (χ1v) is 7.28. The summed E-state index contributed by atoms with van der Waals surface area (Å²) in [6.07, 6.45) is 2.11. The zero-order valence-electron chi connectivity index (χ0n) is 12.2. The van der Waals surface area contributed by atoms with E-state index < -0.39 is 0 Å². The monoisotopic (exact) mass is 269 g/mol. The molecule has 106 valence electrons. The van der Waals surface area contributed by atoms with Crippen LogP contribution in [0.15, 0.2) is 54.6 Å². The Labute approximate surface area is 121 Å². The molecule has 0 amide bonds. The maximum atomic E-state index is 9.56. The van der Waals surface area contributed by atoms with Gasteiger partial charge in [0, 0.05) is 12.1 Å². The number of benzene rings is 2. The molecular formula is C18H23NO. The van der Waals surface area contributed by atoms with Crippen molar-refractivity contribution in [3.63, 3.8) is 0 Å². The summed E-state index contributed by atoms with van der Waals surface area (Å²) in [5, 5.41) is 13.2. The molecule has 2 heteroatoms. The van der Waals surface area contributed by atoms with Crippen molar-refractivity contribution in [3.8, 4) is 5.75 Å². The highest BCUT2D eigenvalue weighted by molar-refractivity contribution is 5.29. The second kappa shape index (κ2) is 7.11. The molecule has 2 rings (SSSR count). The minimum absolute atomic E-state index is 0.232. The van der Waals surface area contributed by atoms with E-state index in [1.807, 2.05) is 24.3 Å². The van der Waals surface area contributed by atoms with Crippen molar-refractivity contribution in [2.75, 3.05) is 0 Å². The standard InChI is InChI=1S/C18H23NO/c1-3-17(12-15-8-5-4-6-9-15)19-14(2)16-10-7-11-18(20)13-16/h4-11,13-14,17,19-20H,3,12H2,1-2H3. The molecule has 2 N–H and O–H groups in total. The smallest absolute Gasteiger partial charge is 0.115 e. The second-order valence-electron chi connectivity index (χ2n) is 5.28. The molecule has 0 saturated heterocycles. The minimum Gasteiger partial charge on any atom is -0.508 e. The van der Waals surface area contributed by atoms with Crippen LogP contribution in [0.3, 0.4) is 0 Å². The SMILES string of the molecule is CCC(Cc1ccccc1)NC(C)c1cccc(O)c1. The molecule has 0 saturated carbocycles. The Balaban J connectivity index is 1.99. The van der Waals surface area contributed by atoms with E-state index in [0.29, 0.717) is 11.8 Å². The van der Waals surface area contributed by atoms with Gasteiger partial charge in [0.25, 0.3) is 0 Å². The van der Waals surface area contributed by atoms with Gasteiger partial charge in [-0.2, -0.15) is 0 Å².